The largest absolute Gasteiger partial charge is 0.384 e. The number of rotatable bonds is 2. The van der Waals surface area contributed by atoms with Crippen LogP contribution in [0.1, 0.15) is 11.1 Å². The molecule has 1 heterocycles. The zero-order valence-electron chi connectivity index (χ0n) is 11.3. The lowest BCUT2D eigenvalue weighted by atomic mass is 10.1. The van der Waals surface area contributed by atoms with Crippen LogP contribution in [0.4, 0.5) is 5.69 Å². The second-order valence-electron chi connectivity index (χ2n) is 4.41. The van der Waals surface area contributed by atoms with Crippen molar-refractivity contribution in [1.29, 1.82) is 0 Å². The van der Waals surface area contributed by atoms with E-state index in [9.17, 15) is 4.79 Å². The van der Waals surface area contributed by atoms with E-state index in [1.807, 2.05) is 19.1 Å². The molecule has 1 saturated heterocycles. The lowest BCUT2D eigenvalue weighted by molar-refractivity contribution is -0.142. The molecule has 1 aromatic carbocycles. The summed E-state index contributed by atoms with van der Waals surface area (Å²) in [4.78, 5) is 12.0. The quantitative estimate of drug-likeness (QED) is 0.779. The molecule has 1 aliphatic heterocycles. The minimum atomic E-state index is -0.557. The predicted molar refractivity (Wildman–Crippen MR) is 74.3 cm³/mol. The average Bonchev–Trinajstić information content (AvgIpc) is 2.47. The van der Waals surface area contributed by atoms with Crippen LogP contribution in [0.5, 0.6) is 0 Å². The first-order valence-corrected chi connectivity index (χ1v) is 6.41. The maximum atomic E-state index is 12.0. The number of benzene rings is 1. The second-order valence-corrected chi connectivity index (χ2v) is 4.41. The van der Waals surface area contributed by atoms with Crippen LogP contribution >= 0.6 is 0 Å². The molecular weight excluding hydrogens is 258 g/mol. The molecule has 1 fully saturated rings. The standard InChI is InChI=1S/C15H17NO4/c1-11-9-13(5-4-12(11)3-2-6-17)16-15(18)14-10-19-7-8-20-14/h4-5,9,14,17H,6-8,10H2,1H3,(H,16,18). The van der Waals surface area contributed by atoms with Gasteiger partial charge in [-0.2, -0.15) is 0 Å². The fraction of sp³-hybridized carbons (Fsp3) is 0.400. The van der Waals surface area contributed by atoms with E-state index in [1.54, 1.807) is 6.07 Å². The number of aliphatic hydroxyl groups is 1. The molecule has 0 radical (unpaired) electrons. The van der Waals surface area contributed by atoms with Crippen LogP contribution in [0.25, 0.3) is 0 Å². The monoisotopic (exact) mass is 275 g/mol. The van der Waals surface area contributed by atoms with Gasteiger partial charge in [-0.1, -0.05) is 11.8 Å². The van der Waals surface area contributed by atoms with Crippen LogP contribution in [-0.4, -0.2) is 43.5 Å². The van der Waals surface area contributed by atoms with Crippen molar-refractivity contribution in [3.63, 3.8) is 0 Å². The Balaban J connectivity index is 2.02. The molecule has 0 aliphatic carbocycles. The predicted octanol–water partition coefficient (Wildman–Crippen LogP) is 0.693. The first-order valence-electron chi connectivity index (χ1n) is 6.41. The van der Waals surface area contributed by atoms with Crippen molar-refractivity contribution in [3.8, 4) is 11.8 Å². The molecule has 1 unspecified atom stereocenters. The Kier molecular flexibility index (Phi) is 5.13. The van der Waals surface area contributed by atoms with Gasteiger partial charge in [0, 0.05) is 11.3 Å². The van der Waals surface area contributed by atoms with E-state index in [0.29, 0.717) is 18.9 Å². The average molecular weight is 275 g/mol. The molecule has 2 rings (SSSR count). The van der Waals surface area contributed by atoms with Crippen LogP contribution < -0.4 is 5.32 Å². The summed E-state index contributed by atoms with van der Waals surface area (Å²) in [5, 5.41) is 11.5. The van der Waals surface area contributed by atoms with Gasteiger partial charge in [0.1, 0.15) is 6.61 Å². The van der Waals surface area contributed by atoms with E-state index < -0.39 is 6.10 Å². The summed E-state index contributed by atoms with van der Waals surface area (Å²) in [5.74, 6) is 5.24. The maximum absolute atomic E-state index is 12.0. The Labute approximate surface area is 117 Å². The number of aryl methyl sites for hydroxylation is 1. The van der Waals surface area contributed by atoms with Crippen molar-refractivity contribution in [2.45, 2.75) is 13.0 Å². The van der Waals surface area contributed by atoms with E-state index in [4.69, 9.17) is 14.6 Å². The van der Waals surface area contributed by atoms with Gasteiger partial charge in [-0.3, -0.25) is 4.79 Å². The summed E-state index contributed by atoms with van der Waals surface area (Å²) < 4.78 is 10.5. The molecule has 0 saturated carbocycles. The topological polar surface area (TPSA) is 67.8 Å². The van der Waals surface area contributed by atoms with Crippen LogP contribution in [0.15, 0.2) is 18.2 Å². The molecule has 5 nitrogen and oxygen atoms in total. The van der Waals surface area contributed by atoms with E-state index in [1.165, 1.54) is 0 Å². The summed E-state index contributed by atoms with van der Waals surface area (Å²) in [6, 6.07) is 5.42. The molecule has 106 valence electrons. The SMILES string of the molecule is Cc1cc(NC(=O)C2COCCO2)ccc1C#CCO. The van der Waals surface area contributed by atoms with Gasteiger partial charge in [0.2, 0.25) is 0 Å². The summed E-state index contributed by atoms with van der Waals surface area (Å²) in [6.45, 7) is 2.98. The first-order chi connectivity index (χ1) is 9.70. The highest BCUT2D eigenvalue weighted by Crippen LogP contribution is 2.15. The van der Waals surface area contributed by atoms with E-state index in [-0.39, 0.29) is 19.1 Å². The smallest absolute Gasteiger partial charge is 0.255 e. The van der Waals surface area contributed by atoms with Crippen molar-refractivity contribution < 1.29 is 19.4 Å². The van der Waals surface area contributed by atoms with Gasteiger partial charge in [0.25, 0.3) is 5.91 Å². The van der Waals surface area contributed by atoms with Crippen LogP contribution in [0.2, 0.25) is 0 Å². The summed E-state index contributed by atoms with van der Waals surface area (Å²) in [7, 11) is 0. The Morgan fingerprint density at radius 1 is 1.50 bits per heavy atom. The minimum absolute atomic E-state index is 0.170. The molecule has 0 spiro atoms. The third-order valence-corrected chi connectivity index (χ3v) is 2.90. The third kappa shape index (κ3) is 3.81. The van der Waals surface area contributed by atoms with E-state index in [2.05, 4.69) is 17.2 Å². The fourth-order valence-corrected chi connectivity index (χ4v) is 1.88. The summed E-state index contributed by atoms with van der Waals surface area (Å²) in [6.07, 6.45) is -0.557. The first kappa shape index (κ1) is 14.5. The van der Waals surface area contributed by atoms with Crippen LogP contribution in [0, 0.1) is 18.8 Å². The third-order valence-electron chi connectivity index (χ3n) is 2.90. The Morgan fingerprint density at radius 3 is 3.00 bits per heavy atom. The molecule has 1 atom stereocenters. The van der Waals surface area contributed by atoms with Crippen molar-refractivity contribution in [1.82, 2.24) is 0 Å². The van der Waals surface area contributed by atoms with Gasteiger partial charge in [0.05, 0.1) is 19.8 Å². The highest BCUT2D eigenvalue weighted by atomic mass is 16.6. The molecule has 0 aromatic heterocycles. The molecule has 2 N–H and O–H groups in total. The van der Waals surface area contributed by atoms with Crippen molar-refractivity contribution in [3.05, 3.63) is 29.3 Å². The van der Waals surface area contributed by atoms with Gasteiger partial charge >= 0.3 is 0 Å². The molecule has 0 bridgehead atoms. The summed E-state index contributed by atoms with van der Waals surface area (Å²) in [5.41, 5.74) is 2.45. The van der Waals surface area contributed by atoms with Crippen LogP contribution in [-0.2, 0) is 14.3 Å². The Morgan fingerprint density at radius 2 is 2.35 bits per heavy atom. The molecule has 1 amide bonds. The van der Waals surface area contributed by atoms with Gasteiger partial charge in [-0.05, 0) is 30.7 Å². The molecule has 5 heteroatoms. The number of carbonyl (C=O) groups is 1. The molecule has 20 heavy (non-hydrogen) atoms. The normalized spacial score (nSPS) is 18.0. The number of amides is 1. The van der Waals surface area contributed by atoms with Crippen molar-refractivity contribution in [2.24, 2.45) is 0 Å². The van der Waals surface area contributed by atoms with Gasteiger partial charge < -0.3 is 19.9 Å². The van der Waals surface area contributed by atoms with Gasteiger partial charge in [-0.25, -0.2) is 0 Å². The van der Waals surface area contributed by atoms with E-state index in [0.717, 1.165) is 11.1 Å². The number of aliphatic hydroxyl groups excluding tert-OH is 1. The number of anilines is 1. The maximum Gasteiger partial charge on any atom is 0.255 e. The van der Waals surface area contributed by atoms with Crippen molar-refractivity contribution in [2.75, 3.05) is 31.7 Å². The zero-order chi connectivity index (χ0) is 14.4. The summed E-state index contributed by atoms with van der Waals surface area (Å²) >= 11 is 0. The fourth-order valence-electron chi connectivity index (χ4n) is 1.88. The number of hydrogen-bond acceptors (Lipinski definition) is 4. The number of hydrogen-bond donors (Lipinski definition) is 2. The lowest BCUT2D eigenvalue weighted by Crippen LogP contribution is -2.39. The minimum Gasteiger partial charge on any atom is -0.384 e. The van der Waals surface area contributed by atoms with E-state index >= 15 is 0 Å². The van der Waals surface area contributed by atoms with Crippen molar-refractivity contribution >= 4 is 11.6 Å². The zero-order valence-corrected chi connectivity index (χ0v) is 11.3. The molecule has 1 aliphatic rings. The number of carbonyl (C=O) groups excluding carboxylic acids is 1. The molecular formula is C15H17NO4. The Bertz CT molecular complexity index is 539. The van der Waals surface area contributed by atoms with Gasteiger partial charge in [0.15, 0.2) is 6.10 Å². The number of nitrogens with one attached hydrogen (secondary N) is 1. The van der Waals surface area contributed by atoms with Gasteiger partial charge in [-0.15, -0.1) is 0 Å². The lowest BCUT2D eigenvalue weighted by Gasteiger charge is -2.22. The Hall–Kier alpha value is -1.87. The highest BCUT2D eigenvalue weighted by Gasteiger charge is 2.22. The second kappa shape index (κ2) is 7.06. The number of ether oxygens (including phenoxy) is 2. The van der Waals surface area contributed by atoms with Crippen LogP contribution in [0.3, 0.4) is 0 Å². The highest BCUT2D eigenvalue weighted by molar-refractivity contribution is 5.94. The molecule has 1 aromatic rings.